The molecule has 5 aliphatic heterocycles. The average Bonchev–Trinajstić information content (AvgIpc) is 1.39. The first-order chi connectivity index (χ1) is 64.4. The Labute approximate surface area is 769 Å². The fraction of sp³-hybridized carbons (Fsp3) is 0.374. The van der Waals surface area contributed by atoms with Crippen molar-refractivity contribution in [1.29, 1.82) is 0 Å². The number of carbonyl (C=O) groups excluding carboxylic acids is 16. The summed E-state index contributed by atoms with van der Waals surface area (Å²) >= 11 is 0. The van der Waals surface area contributed by atoms with Gasteiger partial charge in [-0.15, -0.1) is 0 Å². The maximum Gasteiger partial charge on any atom is 0.305 e. The van der Waals surface area contributed by atoms with E-state index in [0.717, 1.165) is 83.1 Å². The second-order valence-electron chi connectivity index (χ2n) is 31.5. The van der Waals surface area contributed by atoms with E-state index in [1.54, 1.807) is 0 Å². The Hall–Kier alpha value is -15.3. The van der Waals surface area contributed by atoms with Crippen LogP contribution >= 0.6 is 0 Å². The van der Waals surface area contributed by atoms with Crippen molar-refractivity contribution in [1.82, 2.24) is 19.9 Å². The number of H-pyrrole nitrogens is 2. The molecule has 0 saturated carbocycles. The topological polar surface area (TPSA) is 635 Å². The molecule has 3 fully saturated rings. The van der Waals surface area contributed by atoms with Crippen LogP contribution < -0.4 is 21.3 Å². The van der Waals surface area contributed by atoms with Gasteiger partial charge in [0.05, 0.1) is 22.8 Å². The predicted octanol–water partition coefficient (Wildman–Crippen LogP) is 5.78. The number of fused-ring (bicyclic) bond motifs is 8. The number of carboxylic acids is 1. The van der Waals surface area contributed by atoms with Gasteiger partial charge in [-0.3, -0.25) is 91.5 Å². The molecule has 5 aliphatic rings. The molecule has 12 rings (SSSR count). The van der Waals surface area contributed by atoms with E-state index in [4.69, 9.17) is 81.0 Å². The number of rotatable bonds is 27. The maximum absolute atomic E-state index is 14.8. The molecule has 11 N–H and O–H groups in total. The van der Waals surface area contributed by atoms with E-state index in [1.807, 2.05) is 0 Å². The maximum atomic E-state index is 14.8. The number of nitrogens with one attached hydrogen (secondary N) is 6. The van der Waals surface area contributed by atoms with Gasteiger partial charge in [0.15, 0.2) is 54.9 Å². The summed E-state index contributed by atoms with van der Waals surface area (Å²) < 4.78 is 82.9. The highest BCUT2D eigenvalue weighted by molar-refractivity contribution is 6.00. The lowest BCUT2D eigenvalue weighted by atomic mass is 9.96. The van der Waals surface area contributed by atoms with Gasteiger partial charge in [0.2, 0.25) is 43.1 Å². The Morgan fingerprint density at radius 2 is 0.485 bits per heavy atom. The second-order valence-corrected chi connectivity index (χ2v) is 31.5. The minimum Gasteiger partial charge on any atom is -0.481 e. The van der Waals surface area contributed by atoms with E-state index < -0.39 is 218 Å². The second kappa shape index (κ2) is 42.7. The number of aromatic nitrogens is 4. The molecule has 4 amide bonds. The molecule has 4 aromatic carbocycles. The van der Waals surface area contributed by atoms with E-state index >= 15 is 0 Å². The fourth-order valence-electron chi connectivity index (χ4n) is 16.0. The summed E-state index contributed by atoms with van der Waals surface area (Å²) in [6, 6.07) is 28.7. The molecular weight excluding hydrogens is 1800 g/mol. The zero-order valence-electron chi connectivity index (χ0n) is 74.3. The molecule has 8 heterocycles. The third kappa shape index (κ3) is 23.5. The van der Waals surface area contributed by atoms with Crippen LogP contribution in [0, 0.1) is 0 Å². The van der Waals surface area contributed by atoms with Crippen molar-refractivity contribution in [3.63, 3.8) is 0 Å². The SMILES string of the molecule is CC(=O)O[C@H]1O[C@H](C(=O)Nc2ccc(-c3c4nc(c(-c5ccc(NC(=O)[C@H]6O[C@H](OC(C)=O)[C@H](OC(C)=O)[C@@H](OC(C)=O)[C@@H]6OC(C)=O)cc5)c5ccc([nH]5)c(-c5ccc(NC(=O)[C@H]6O[C@H](OC(C)=O)[C@H](OC(C)=O)[C@@H](OC(C)=O)[C@@H]6OC(C)=O)cc5)c5nc(c(-c6ccc(NC(=O)CCCC(=O)O)cc6)c6ccc3[nH]6)[C@H](O)[C@@H]5O)[C@H](O)[C@@H]4O)cc2)[C@@H](OC(C)=O)[C@H](OC(C)=O)[C@H]1OC(C)=O. The van der Waals surface area contributed by atoms with E-state index in [9.17, 15) is 107 Å². The summed E-state index contributed by atoms with van der Waals surface area (Å²) in [5.74, 6) is -17.2. The number of anilines is 4. The van der Waals surface area contributed by atoms with Gasteiger partial charge in [0.25, 0.3) is 17.7 Å². The molecule has 0 radical (unpaired) electrons. The highest BCUT2D eigenvalue weighted by atomic mass is 16.8. The number of ether oxygens (including phenoxy) is 15. The number of esters is 12. The number of hydrogen-bond donors (Lipinski definition) is 11. The van der Waals surface area contributed by atoms with Gasteiger partial charge in [-0.1, -0.05) is 48.5 Å². The van der Waals surface area contributed by atoms with E-state index in [1.165, 1.54) is 121 Å². The number of amides is 4. The van der Waals surface area contributed by atoms with Crippen LogP contribution in [0.4, 0.5) is 22.7 Å². The van der Waals surface area contributed by atoms with Crippen LogP contribution in [-0.2, 0) is 153 Å². The van der Waals surface area contributed by atoms with E-state index in [2.05, 4.69) is 31.2 Å². The predicted molar refractivity (Wildman–Crippen MR) is 460 cm³/mol. The van der Waals surface area contributed by atoms with Gasteiger partial charge in [0, 0.05) is 163 Å². The Balaban J connectivity index is 1.07. The van der Waals surface area contributed by atoms with Crippen LogP contribution in [0.2, 0.25) is 0 Å². The summed E-state index contributed by atoms with van der Waals surface area (Å²) in [7, 11) is 0. The number of hydrogen-bond acceptors (Lipinski definition) is 38. The van der Waals surface area contributed by atoms with Gasteiger partial charge in [-0.05, 0) is 101 Å². The van der Waals surface area contributed by atoms with Crippen LogP contribution in [0.15, 0.2) is 121 Å². The minimum absolute atomic E-state index is 0.000633. The number of aliphatic hydroxyl groups is 4. The van der Waals surface area contributed by atoms with Crippen molar-refractivity contribution in [2.24, 2.45) is 0 Å². The molecular formula is C91H92N8O37. The van der Waals surface area contributed by atoms with Crippen molar-refractivity contribution in [3.05, 3.63) is 144 Å². The normalized spacial score (nSPS) is 23.8. The van der Waals surface area contributed by atoms with Crippen molar-refractivity contribution >= 4 is 146 Å². The number of nitrogens with zero attached hydrogens (tertiary/aromatic N) is 2. The van der Waals surface area contributed by atoms with Gasteiger partial charge in [-0.25, -0.2) is 0 Å². The van der Waals surface area contributed by atoms with Gasteiger partial charge in [-0.2, -0.15) is 0 Å². The quantitative estimate of drug-likeness (QED) is 0.0215. The first-order valence-corrected chi connectivity index (χ1v) is 41.8. The summed E-state index contributed by atoms with van der Waals surface area (Å²) in [5.41, 5.74) is -0.0668. The van der Waals surface area contributed by atoms with Crippen LogP contribution in [0.25, 0.3) is 66.6 Å². The monoisotopic (exact) mass is 1890 g/mol. The Morgan fingerprint density at radius 3 is 0.699 bits per heavy atom. The Bertz CT molecular complexity index is 5910. The molecule has 0 spiro atoms. The Kier molecular flexibility index (Phi) is 31.3. The molecule has 0 aliphatic carbocycles. The van der Waals surface area contributed by atoms with Crippen molar-refractivity contribution in [2.75, 3.05) is 21.3 Å². The highest BCUT2D eigenvalue weighted by Crippen LogP contribution is 2.48. The third-order valence-electron chi connectivity index (χ3n) is 21.1. The van der Waals surface area contributed by atoms with Crippen LogP contribution in [0.3, 0.4) is 0 Å². The molecule has 8 bridgehead atoms. The van der Waals surface area contributed by atoms with Gasteiger partial charge in [0.1, 0.15) is 24.4 Å². The summed E-state index contributed by atoms with van der Waals surface area (Å²) in [5, 5.41) is 71.7. The largest absolute Gasteiger partial charge is 0.481 e. The summed E-state index contributed by atoms with van der Waals surface area (Å²) in [6.45, 7) is 11.6. The number of aliphatic hydroxyl groups excluding tert-OH is 4. The molecule has 718 valence electrons. The first-order valence-electron chi connectivity index (χ1n) is 41.8. The molecule has 0 unspecified atom stereocenters. The fourth-order valence-corrected chi connectivity index (χ4v) is 16.0. The molecule has 3 saturated heterocycles. The van der Waals surface area contributed by atoms with Crippen LogP contribution in [0.1, 0.15) is 150 Å². The standard InChI is InChI=1S/C91H92N8O37/c1-36(100)122-74-77(125-39(4)103)83(128-42(7)106)89(131-45(10)109)134-80(74)86(119)93-53-26-18-49(19-27-53)63-57-33-32-56(96-57)62(48-16-24-52(25-17-48)92-60(112)14-13-15-61(113)114)66-70(115)71(116)67(98-66)64(50-20-28-54(29-21-50)94-87(120)81-75(123-37(2)101)78(126-40(5)104)84(129-43(8)107)90(135-81)132-46(11)110)58-34-35-59(97-58)65(69-73(118)72(117)68(63)99-69)51-22-30-55(31-23-51)95-88(121)82-76(124-38(3)102)79(127-41(6)105)85(130-44(9)108)91(136-82)133-47(12)111/h16-35,70-85,89-91,96-97,115-118H,13-15H2,1-12H3,(H,92,112)(H,93,119)(H,94,120)(H,95,121)(H,113,114)/t70-,71+,72+,73-,74-,75-,76-,77-,78-,79-,80-,81-,82-,83+,84+,85+,89-,90-,91-/m0/s1. The van der Waals surface area contributed by atoms with Crippen molar-refractivity contribution in [2.45, 2.75) is 219 Å². The smallest absolute Gasteiger partial charge is 0.305 e. The third-order valence-corrected chi connectivity index (χ3v) is 21.1. The summed E-state index contributed by atoms with van der Waals surface area (Å²) in [4.78, 5) is 237. The molecule has 45 nitrogen and oxygen atoms in total. The van der Waals surface area contributed by atoms with Crippen LogP contribution in [0.5, 0.6) is 0 Å². The molecule has 7 aromatic rings. The highest BCUT2D eigenvalue weighted by Gasteiger charge is 2.59. The van der Waals surface area contributed by atoms with E-state index in [-0.39, 0.29) is 131 Å². The Morgan fingerprint density at radius 1 is 0.279 bits per heavy atom. The van der Waals surface area contributed by atoms with Crippen LogP contribution in [-0.4, -0.2) is 239 Å². The lowest BCUT2D eigenvalue weighted by Gasteiger charge is -2.43. The molecule has 3 aromatic heterocycles. The van der Waals surface area contributed by atoms with Gasteiger partial charge < -0.3 is 128 Å². The van der Waals surface area contributed by atoms with Crippen molar-refractivity contribution in [3.8, 4) is 44.5 Å². The zero-order valence-corrected chi connectivity index (χ0v) is 74.3. The minimum atomic E-state index is -2.04. The lowest BCUT2D eigenvalue weighted by molar-refractivity contribution is -0.289. The first kappa shape index (κ1) is 99.7. The number of carbonyl (C=O) groups is 17. The lowest BCUT2D eigenvalue weighted by Crippen LogP contribution is -2.64. The van der Waals surface area contributed by atoms with Crippen molar-refractivity contribution < 1.29 is 178 Å². The molecule has 19 atom stereocenters. The van der Waals surface area contributed by atoms with Gasteiger partial charge >= 0.3 is 77.6 Å². The molecule has 45 heteroatoms. The van der Waals surface area contributed by atoms with E-state index in [0.29, 0.717) is 0 Å². The number of aromatic amines is 2. The molecule has 136 heavy (non-hydrogen) atoms. The average molecular weight is 1890 g/mol. The number of aliphatic carboxylic acids is 1. The zero-order chi connectivity index (χ0) is 98.9. The number of benzene rings is 4. The summed E-state index contributed by atoms with van der Waals surface area (Å²) in [6.07, 6.45) is -37.0. The number of carboxylic acid groups (broad SMARTS) is 1.